The molecule has 0 bridgehead atoms. The van der Waals surface area contributed by atoms with Gasteiger partial charge in [0.1, 0.15) is 5.69 Å². The molecule has 0 saturated heterocycles. The predicted octanol–water partition coefficient (Wildman–Crippen LogP) is 1.15. The van der Waals surface area contributed by atoms with E-state index in [1.807, 2.05) is 24.6 Å². The maximum atomic E-state index is 12.1. The van der Waals surface area contributed by atoms with Crippen molar-refractivity contribution in [2.45, 2.75) is 32.7 Å². The van der Waals surface area contributed by atoms with Crippen LogP contribution in [0.1, 0.15) is 43.2 Å². The summed E-state index contributed by atoms with van der Waals surface area (Å²) in [6, 6.07) is 2.13. The lowest BCUT2D eigenvalue weighted by Gasteiger charge is -2.22. The number of rotatable bonds is 5. The summed E-state index contributed by atoms with van der Waals surface area (Å²) in [7, 11) is 0. The number of aliphatic hydroxyl groups excluding tert-OH is 1. The zero-order chi connectivity index (χ0) is 13.3. The van der Waals surface area contributed by atoms with Crippen molar-refractivity contribution >= 4 is 11.6 Å². The van der Waals surface area contributed by atoms with Crippen LogP contribution in [0.4, 0.5) is 5.69 Å². The molecule has 0 spiro atoms. The SMILES string of the molecule is CC(C)(CO)CNC(=O)c1cc(N)cn1C1CC1. The molecule has 5 heteroatoms. The van der Waals surface area contributed by atoms with E-state index in [0.717, 1.165) is 12.8 Å². The number of aliphatic hydroxyl groups is 1. The van der Waals surface area contributed by atoms with Crippen LogP contribution in [0.3, 0.4) is 0 Å². The number of nitrogen functional groups attached to an aromatic ring is 1. The molecule has 2 rings (SSSR count). The highest BCUT2D eigenvalue weighted by molar-refractivity contribution is 5.93. The fraction of sp³-hybridized carbons (Fsp3) is 0.615. The van der Waals surface area contributed by atoms with Crippen LogP contribution in [-0.2, 0) is 0 Å². The Hall–Kier alpha value is -1.49. The first-order valence-electron chi connectivity index (χ1n) is 6.29. The summed E-state index contributed by atoms with van der Waals surface area (Å²) < 4.78 is 1.95. The molecular formula is C13H21N3O2. The normalized spacial score (nSPS) is 15.7. The Morgan fingerprint density at radius 3 is 2.83 bits per heavy atom. The van der Waals surface area contributed by atoms with Crippen LogP contribution < -0.4 is 11.1 Å². The molecule has 0 radical (unpaired) electrons. The molecule has 5 nitrogen and oxygen atoms in total. The van der Waals surface area contributed by atoms with Gasteiger partial charge in [0.25, 0.3) is 5.91 Å². The van der Waals surface area contributed by atoms with Crippen molar-refractivity contribution in [2.24, 2.45) is 5.41 Å². The number of nitrogens with one attached hydrogen (secondary N) is 1. The molecule has 1 aromatic rings. The van der Waals surface area contributed by atoms with Gasteiger partial charge in [0.2, 0.25) is 0 Å². The summed E-state index contributed by atoms with van der Waals surface area (Å²) >= 11 is 0. The molecular weight excluding hydrogens is 230 g/mol. The smallest absolute Gasteiger partial charge is 0.268 e. The maximum absolute atomic E-state index is 12.1. The molecule has 1 aliphatic carbocycles. The molecule has 100 valence electrons. The zero-order valence-corrected chi connectivity index (χ0v) is 10.9. The van der Waals surface area contributed by atoms with Gasteiger partial charge in [0.05, 0.1) is 5.69 Å². The Kier molecular flexibility index (Phi) is 3.34. The number of carbonyl (C=O) groups is 1. The molecule has 18 heavy (non-hydrogen) atoms. The average Bonchev–Trinajstić information content (AvgIpc) is 3.09. The number of hydrogen-bond acceptors (Lipinski definition) is 3. The Bertz CT molecular complexity index is 447. The molecule has 1 aromatic heterocycles. The van der Waals surface area contributed by atoms with Crippen LogP contribution in [-0.4, -0.2) is 28.7 Å². The number of nitrogens with zero attached hydrogens (tertiary/aromatic N) is 1. The van der Waals surface area contributed by atoms with Gasteiger partial charge in [-0.15, -0.1) is 0 Å². The first-order chi connectivity index (χ1) is 8.43. The second kappa shape index (κ2) is 4.65. The van der Waals surface area contributed by atoms with E-state index < -0.39 is 0 Å². The van der Waals surface area contributed by atoms with Crippen LogP contribution in [0.25, 0.3) is 0 Å². The van der Waals surface area contributed by atoms with E-state index in [4.69, 9.17) is 10.8 Å². The van der Waals surface area contributed by atoms with E-state index in [2.05, 4.69) is 5.32 Å². The van der Waals surface area contributed by atoms with E-state index in [1.54, 1.807) is 6.07 Å². The van der Waals surface area contributed by atoms with Crippen molar-refractivity contribution in [3.05, 3.63) is 18.0 Å². The van der Waals surface area contributed by atoms with Crippen molar-refractivity contribution in [3.8, 4) is 0 Å². The van der Waals surface area contributed by atoms with E-state index in [9.17, 15) is 4.79 Å². The van der Waals surface area contributed by atoms with E-state index in [1.165, 1.54) is 0 Å². The van der Waals surface area contributed by atoms with Gasteiger partial charge in [0, 0.05) is 30.8 Å². The van der Waals surface area contributed by atoms with Gasteiger partial charge >= 0.3 is 0 Å². The molecule has 1 fully saturated rings. The lowest BCUT2D eigenvalue weighted by molar-refractivity contribution is 0.0901. The van der Waals surface area contributed by atoms with Gasteiger partial charge in [-0.1, -0.05) is 13.8 Å². The summed E-state index contributed by atoms with van der Waals surface area (Å²) in [5.41, 5.74) is 6.68. The third-order valence-electron chi connectivity index (χ3n) is 3.20. The fourth-order valence-electron chi connectivity index (χ4n) is 1.80. The van der Waals surface area contributed by atoms with Crippen LogP contribution in [0.2, 0.25) is 0 Å². The summed E-state index contributed by atoms with van der Waals surface area (Å²) in [4.78, 5) is 12.1. The minimum absolute atomic E-state index is 0.0407. The number of aromatic nitrogens is 1. The van der Waals surface area contributed by atoms with Crippen molar-refractivity contribution in [1.29, 1.82) is 0 Å². The Labute approximate surface area is 107 Å². The highest BCUT2D eigenvalue weighted by atomic mass is 16.3. The number of hydrogen-bond donors (Lipinski definition) is 3. The molecule has 0 unspecified atom stereocenters. The summed E-state index contributed by atoms with van der Waals surface area (Å²) in [6.45, 7) is 4.29. The summed E-state index contributed by atoms with van der Waals surface area (Å²) in [5.74, 6) is -0.125. The van der Waals surface area contributed by atoms with Gasteiger partial charge in [-0.2, -0.15) is 0 Å². The van der Waals surface area contributed by atoms with Crippen molar-refractivity contribution in [1.82, 2.24) is 9.88 Å². The van der Waals surface area contributed by atoms with Gasteiger partial charge in [-0.05, 0) is 18.9 Å². The number of anilines is 1. The zero-order valence-electron chi connectivity index (χ0n) is 10.9. The van der Waals surface area contributed by atoms with Crippen molar-refractivity contribution in [2.75, 3.05) is 18.9 Å². The lowest BCUT2D eigenvalue weighted by Crippen LogP contribution is -2.36. The number of nitrogens with two attached hydrogens (primary N) is 1. The van der Waals surface area contributed by atoms with E-state index in [0.29, 0.717) is 24.0 Å². The summed E-state index contributed by atoms with van der Waals surface area (Å²) in [5, 5.41) is 12.0. The minimum atomic E-state index is -0.307. The molecule has 0 atom stereocenters. The lowest BCUT2D eigenvalue weighted by atomic mass is 9.95. The first kappa shape index (κ1) is 13.0. The van der Waals surface area contributed by atoms with Gasteiger partial charge in [-0.25, -0.2) is 0 Å². The molecule has 0 aliphatic heterocycles. The van der Waals surface area contributed by atoms with Crippen LogP contribution in [0.15, 0.2) is 12.3 Å². The fourth-order valence-corrected chi connectivity index (χ4v) is 1.80. The van der Waals surface area contributed by atoms with Crippen LogP contribution in [0, 0.1) is 5.41 Å². The molecule has 1 aliphatic rings. The van der Waals surface area contributed by atoms with Crippen molar-refractivity contribution in [3.63, 3.8) is 0 Å². The minimum Gasteiger partial charge on any atom is -0.397 e. The molecule has 4 N–H and O–H groups in total. The second-order valence-corrected chi connectivity index (χ2v) is 5.80. The molecule has 1 amide bonds. The third-order valence-corrected chi connectivity index (χ3v) is 3.20. The second-order valence-electron chi connectivity index (χ2n) is 5.80. The van der Waals surface area contributed by atoms with Gasteiger partial charge < -0.3 is 20.7 Å². The largest absolute Gasteiger partial charge is 0.397 e. The average molecular weight is 251 g/mol. The van der Waals surface area contributed by atoms with E-state index in [-0.39, 0.29) is 17.9 Å². The Morgan fingerprint density at radius 2 is 2.28 bits per heavy atom. The monoisotopic (exact) mass is 251 g/mol. The Balaban J connectivity index is 2.04. The Morgan fingerprint density at radius 1 is 1.61 bits per heavy atom. The standard InChI is InChI=1S/C13H21N3O2/c1-13(2,8-17)7-15-12(18)11-5-9(14)6-16(11)10-3-4-10/h5-6,10,17H,3-4,7-8,14H2,1-2H3,(H,15,18). The quantitative estimate of drug-likeness (QED) is 0.734. The van der Waals surface area contributed by atoms with Gasteiger partial charge in [-0.3, -0.25) is 4.79 Å². The van der Waals surface area contributed by atoms with Crippen molar-refractivity contribution < 1.29 is 9.90 Å². The highest BCUT2D eigenvalue weighted by Gasteiger charge is 2.28. The third kappa shape index (κ3) is 2.85. The molecule has 1 saturated carbocycles. The maximum Gasteiger partial charge on any atom is 0.268 e. The molecule has 0 aromatic carbocycles. The summed E-state index contributed by atoms with van der Waals surface area (Å²) in [6.07, 6.45) is 4.04. The first-order valence-corrected chi connectivity index (χ1v) is 6.29. The number of amides is 1. The van der Waals surface area contributed by atoms with Crippen LogP contribution >= 0.6 is 0 Å². The van der Waals surface area contributed by atoms with Crippen LogP contribution in [0.5, 0.6) is 0 Å². The van der Waals surface area contributed by atoms with E-state index >= 15 is 0 Å². The van der Waals surface area contributed by atoms with Gasteiger partial charge in [0.15, 0.2) is 0 Å². The highest BCUT2D eigenvalue weighted by Crippen LogP contribution is 2.37. The molecule has 1 heterocycles. The number of carbonyl (C=O) groups excluding carboxylic acids is 1. The topological polar surface area (TPSA) is 80.3 Å². The predicted molar refractivity (Wildman–Crippen MR) is 70.3 cm³/mol.